The number of aliphatic hydroxyl groups excluding tert-OH is 1. The first kappa shape index (κ1) is 28.2. The standard InChI is InChI=1S/C31H33N5O5S/c1-19-16-36(17-20(2)41-19)30-5-3-4-26(35-30)27-11-9-23-14-32-24(13-28(23)34-27)15-33-31(38)22-7-6-21-8-10-25(18-37)42(39,40)29(21)12-22/h3-7,9,11-14,19-20,25,37H,8,10,15-18H2,1-2H3,(H,33,38)/t19-,20+,25-/m0/s1. The molecule has 10 nitrogen and oxygen atoms in total. The second-order valence-corrected chi connectivity index (χ2v) is 13.2. The zero-order valence-corrected chi connectivity index (χ0v) is 24.3. The van der Waals surface area contributed by atoms with Crippen molar-refractivity contribution in [1.82, 2.24) is 20.3 Å². The molecule has 2 aliphatic heterocycles. The number of rotatable bonds is 6. The Morgan fingerprint density at radius 1 is 1.05 bits per heavy atom. The topological polar surface area (TPSA) is 135 Å². The number of anilines is 1. The lowest BCUT2D eigenvalue weighted by Gasteiger charge is -2.36. The maximum atomic E-state index is 13.0. The molecule has 1 fully saturated rings. The minimum absolute atomic E-state index is 0.122. The van der Waals surface area contributed by atoms with Crippen molar-refractivity contribution in [3.05, 3.63) is 77.6 Å². The van der Waals surface area contributed by atoms with E-state index < -0.39 is 27.6 Å². The van der Waals surface area contributed by atoms with Gasteiger partial charge in [0.05, 0.1) is 58.1 Å². The van der Waals surface area contributed by atoms with Crippen molar-refractivity contribution < 1.29 is 23.1 Å². The number of pyridine rings is 3. The molecule has 2 N–H and O–H groups in total. The molecule has 3 atom stereocenters. The molecule has 0 unspecified atom stereocenters. The smallest absolute Gasteiger partial charge is 0.251 e. The van der Waals surface area contributed by atoms with E-state index in [0.717, 1.165) is 41.2 Å². The van der Waals surface area contributed by atoms with E-state index in [-0.39, 0.29) is 29.2 Å². The Morgan fingerprint density at radius 3 is 2.62 bits per heavy atom. The van der Waals surface area contributed by atoms with Crippen molar-refractivity contribution in [2.24, 2.45) is 0 Å². The van der Waals surface area contributed by atoms with Gasteiger partial charge in [0, 0.05) is 30.2 Å². The summed E-state index contributed by atoms with van der Waals surface area (Å²) < 4.78 is 31.6. The lowest BCUT2D eigenvalue weighted by atomic mass is 10.0. The predicted molar refractivity (Wildman–Crippen MR) is 159 cm³/mol. The lowest BCUT2D eigenvalue weighted by Crippen LogP contribution is -2.45. The Balaban J connectivity index is 1.19. The molecule has 0 bridgehead atoms. The normalized spacial score (nSPS) is 21.6. The van der Waals surface area contributed by atoms with Crippen LogP contribution >= 0.6 is 0 Å². The van der Waals surface area contributed by atoms with Crippen molar-refractivity contribution in [3.8, 4) is 11.4 Å². The number of aliphatic hydroxyl groups is 1. The van der Waals surface area contributed by atoms with Gasteiger partial charge in [0.25, 0.3) is 5.91 Å². The highest BCUT2D eigenvalue weighted by Gasteiger charge is 2.33. The van der Waals surface area contributed by atoms with Gasteiger partial charge in [0.15, 0.2) is 9.84 Å². The van der Waals surface area contributed by atoms with Crippen LogP contribution in [-0.2, 0) is 27.5 Å². The summed E-state index contributed by atoms with van der Waals surface area (Å²) in [5.74, 6) is 0.479. The highest BCUT2D eigenvalue weighted by molar-refractivity contribution is 7.92. The van der Waals surface area contributed by atoms with Gasteiger partial charge in [-0.3, -0.25) is 9.78 Å². The predicted octanol–water partition coefficient (Wildman–Crippen LogP) is 3.32. The van der Waals surface area contributed by atoms with E-state index >= 15 is 0 Å². The first-order chi connectivity index (χ1) is 20.2. The molecule has 3 aromatic heterocycles. The number of sulfone groups is 1. The SMILES string of the molecule is C[C@@H]1CN(c2cccc(-c3ccc4cnc(CNC(=O)c5ccc6c(c5)S(=O)(=O)[C@H](CO)CC6)cc4n3)n2)C[C@H](C)O1. The van der Waals surface area contributed by atoms with Crippen LogP contribution in [0.2, 0.25) is 0 Å². The van der Waals surface area contributed by atoms with Gasteiger partial charge in [-0.2, -0.15) is 0 Å². The molecule has 0 spiro atoms. The van der Waals surface area contributed by atoms with Crippen molar-refractivity contribution in [2.75, 3.05) is 24.6 Å². The van der Waals surface area contributed by atoms with Gasteiger partial charge in [-0.15, -0.1) is 0 Å². The zero-order valence-electron chi connectivity index (χ0n) is 23.5. The summed E-state index contributed by atoms with van der Waals surface area (Å²) >= 11 is 0. The summed E-state index contributed by atoms with van der Waals surface area (Å²) in [4.78, 5) is 29.5. The van der Waals surface area contributed by atoms with Crippen molar-refractivity contribution in [3.63, 3.8) is 0 Å². The molecule has 4 aromatic rings. The molecule has 0 aliphatic carbocycles. The van der Waals surface area contributed by atoms with E-state index in [9.17, 15) is 18.3 Å². The Bertz CT molecular complexity index is 1750. The summed E-state index contributed by atoms with van der Waals surface area (Å²) in [6.45, 7) is 5.39. The van der Waals surface area contributed by atoms with Crippen LogP contribution in [0, 0.1) is 0 Å². The van der Waals surface area contributed by atoms with Gasteiger partial charge >= 0.3 is 0 Å². The van der Waals surface area contributed by atoms with Crippen molar-refractivity contribution in [1.29, 1.82) is 0 Å². The minimum atomic E-state index is -3.69. The number of carbonyl (C=O) groups is 1. The summed E-state index contributed by atoms with van der Waals surface area (Å²) in [5, 5.41) is 12.4. The quantitative estimate of drug-likeness (QED) is 0.348. The third kappa shape index (κ3) is 5.59. The number of aromatic nitrogens is 3. The number of amides is 1. The average Bonchev–Trinajstić information content (AvgIpc) is 2.99. The van der Waals surface area contributed by atoms with Crippen LogP contribution in [0.1, 0.15) is 41.9 Å². The van der Waals surface area contributed by atoms with Crippen LogP contribution in [0.25, 0.3) is 22.3 Å². The van der Waals surface area contributed by atoms with Crippen molar-refractivity contribution >= 4 is 32.5 Å². The fraction of sp³-hybridized carbons (Fsp3) is 0.355. The molecule has 5 heterocycles. The number of hydrogen-bond acceptors (Lipinski definition) is 9. The second-order valence-electron chi connectivity index (χ2n) is 11.0. The molecule has 1 saturated heterocycles. The summed E-state index contributed by atoms with van der Waals surface area (Å²) in [6.07, 6.45) is 2.89. The van der Waals surface area contributed by atoms with E-state index in [4.69, 9.17) is 14.7 Å². The highest BCUT2D eigenvalue weighted by atomic mass is 32.2. The number of carbonyl (C=O) groups excluding carboxylic acids is 1. The van der Waals surface area contributed by atoms with Gasteiger partial charge in [-0.1, -0.05) is 12.1 Å². The molecule has 11 heteroatoms. The number of nitrogens with one attached hydrogen (secondary N) is 1. The fourth-order valence-corrected chi connectivity index (χ4v) is 7.50. The van der Waals surface area contributed by atoms with Crippen LogP contribution in [0.4, 0.5) is 5.82 Å². The number of hydrogen-bond donors (Lipinski definition) is 2. The fourth-order valence-electron chi connectivity index (χ4n) is 5.69. The third-order valence-electron chi connectivity index (χ3n) is 7.81. The Hall–Kier alpha value is -3.93. The molecule has 0 radical (unpaired) electrons. The van der Waals surface area contributed by atoms with Gasteiger partial charge in [-0.25, -0.2) is 18.4 Å². The lowest BCUT2D eigenvalue weighted by molar-refractivity contribution is -0.00545. The van der Waals surface area contributed by atoms with Gasteiger partial charge in [-0.05, 0) is 74.7 Å². The number of fused-ring (bicyclic) bond motifs is 2. The van der Waals surface area contributed by atoms with E-state index in [2.05, 4.69) is 29.0 Å². The number of morpholine rings is 1. The molecular weight excluding hydrogens is 554 g/mol. The summed E-state index contributed by atoms with van der Waals surface area (Å²) in [6, 6.07) is 16.3. The van der Waals surface area contributed by atoms with Crippen molar-refractivity contribution in [2.45, 2.75) is 55.6 Å². The number of ether oxygens (including phenoxy) is 1. The minimum Gasteiger partial charge on any atom is -0.395 e. The molecule has 0 saturated carbocycles. The molecule has 2 aliphatic rings. The van der Waals surface area contributed by atoms with E-state index in [1.165, 1.54) is 6.07 Å². The summed E-state index contributed by atoms with van der Waals surface area (Å²) in [5.41, 5.74) is 3.75. The van der Waals surface area contributed by atoms with E-state index in [1.54, 1.807) is 18.3 Å². The van der Waals surface area contributed by atoms with Crippen LogP contribution in [0.3, 0.4) is 0 Å². The number of nitrogens with zero attached hydrogens (tertiary/aromatic N) is 4. The number of aryl methyl sites for hydroxylation is 1. The van der Waals surface area contributed by atoms with Gasteiger partial charge < -0.3 is 20.1 Å². The Labute approximate surface area is 244 Å². The van der Waals surface area contributed by atoms with Crippen LogP contribution in [0.5, 0.6) is 0 Å². The first-order valence-corrected chi connectivity index (χ1v) is 15.7. The summed E-state index contributed by atoms with van der Waals surface area (Å²) in [7, 11) is -3.69. The molecule has 6 rings (SSSR count). The highest BCUT2D eigenvalue weighted by Crippen LogP contribution is 2.30. The third-order valence-corrected chi connectivity index (χ3v) is 10.1. The monoisotopic (exact) mass is 587 g/mol. The average molecular weight is 588 g/mol. The van der Waals surface area contributed by atoms with Crippen LogP contribution in [0.15, 0.2) is 65.7 Å². The molecule has 1 aromatic carbocycles. The number of benzene rings is 1. The Morgan fingerprint density at radius 2 is 1.83 bits per heavy atom. The largest absolute Gasteiger partial charge is 0.395 e. The maximum Gasteiger partial charge on any atom is 0.251 e. The second kappa shape index (κ2) is 11.4. The van der Waals surface area contributed by atoms with Crippen LogP contribution < -0.4 is 10.2 Å². The molecule has 1 amide bonds. The molecular formula is C31H33N5O5S. The molecule has 42 heavy (non-hydrogen) atoms. The van der Waals surface area contributed by atoms with Gasteiger partial charge in [0.2, 0.25) is 0 Å². The maximum absolute atomic E-state index is 13.0. The van der Waals surface area contributed by atoms with Crippen LogP contribution in [-0.4, -0.2) is 71.5 Å². The zero-order chi connectivity index (χ0) is 29.4. The Kier molecular flexibility index (Phi) is 7.65. The van der Waals surface area contributed by atoms with E-state index in [0.29, 0.717) is 24.1 Å². The first-order valence-electron chi connectivity index (χ1n) is 14.1. The van der Waals surface area contributed by atoms with Gasteiger partial charge in [0.1, 0.15) is 5.82 Å². The van der Waals surface area contributed by atoms with E-state index in [1.807, 2.05) is 36.4 Å². The molecule has 218 valence electrons.